The molecule has 4 rings (SSSR count). The molecule has 3 amide bonds. The molecular weight excluding hydrogens is 348 g/mol. The van der Waals surface area contributed by atoms with E-state index in [1.807, 2.05) is 0 Å². The van der Waals surface area contributed by atoms with Gasteiger partial charge in [-0.1, -0.05) is 12.1 Å². The fraction of sp³-hybridized carbons (Fsp3) is 0.250. The first-order valence-electron chi connectivity index (χ1n) is 8.71. The van der Waals surface area contributed by atoms with Crippen molar-refractivity contribution in [2.45, 2.75) is 0 Å². The Morgan fingerprint density at radius 1 is 0.926 bits per heavy atom. The van der Waals surface area contributed by atoms with Crippen LogP contribution in [-0.2, 0) is 9.53 Å². The second-order valence-corrected chi connectivity index (χ2v) is 6.27. The number of anilines is 1. The van der Waals surface area contributed by atoms with E-state index in [9.17, 15) is 14.4 Å². The van der Waals surface area contributed by atoms with Crippen LogP contribution >= 0.6 is 0 Å². The van der Waals surface area contributed by atoms with Crippen LogP contribution in [0.3, 0.4) is 0 Å². The smallest absolute Gasteiger partial charge is 0.266 e. The minimum Gasteiger partial charge on any atom is -0.484 e. The number of benzene rings is 2. The van der Waals surface area contributed by atoms with Crippen molar-refractivity contribution in [3.63, 3.8) is 0 Å². The number of hydrogen-bond acceptors (Lipinski definition) is 5. The zero-order valence-corrected chi connectivity index (χ0v) is 14.6. The number of ether oxygens (including phenoxy) is 2. The van der Waals surface area contributed by atoms with Crippen molar-refractivity contribution in [3.05, 3.63) is 59.7 Å². The average molecular weight is 366 g/mol. The van der Waals surface area contributed by atoms with Gasteiger partial charge in [0.15, 0.2) is 6.61 Å². The molecule has 0 saturated carbocycles. The molecule has 0 unspecified atom stereocenters. The third-order valence-corrected chi connectivity index (χ3v) is 4.62. The van der Waals surface area contributed by atoms with Gasteiger partial charge >= 0.3 is 0 Å². The Morgan fingerprint density at radius 2 is 1.52 bits per heavy atom. The van der Waals surface area contributed by atoms with Crippen LogP contribution in [0, 0.1) is 0 Å². The summed E-state index contributed by atoms with van der Waals surface area (Å²) in [5.41, 5.74) is 1.27. The Kier molecular flexibility index (Phi) is 4.60. The van der Waals surface area contributed by atoms with E-state index in [1.165, 1.54) is 0 Å². The zero-order chi connectivity index (χ0) is 18.8. The van der Waals surface area contributed by atoms with E-state index in [1.54, 1.807) is 53.4 Å². The van der Waals surface area contributed by atoms with Gasteiger partial charge in [0.1, 0.15) is 5.75 Å². The van der Waals surface area contributed by atoms with Crippen LogP contribution in [0.1, 0.15) is 20.7 Å². The van der Waals surface area contributed by atoms with Gasteiger partial charge in [-0.25, -0.2) is 4.90 Å². The molecule has 0 aliphatic carbocycles. The molecule has 1 fully saturated rings. The molecule has 0 radical (unpaired) electrons. The summed E-state index contributed by atoms with van der Waals surface area (Å²) in [5.74, 6) is -0.279. The van der Waals surface area contributed by atoms with E-state index in [0.29, 0.717) is 48.9 Å². The summed E-state index contributed by atoms with van der Waals surface area (Å²) in [4.78, 5) is 40.0. The van der Waals surface area contributed by atoms with Crippen molar-refractivity contribution in [1.82, 2.24) is 4.90 Å². The molecule has 7 nitrogen and oxygen atoms in total. The summed E-state index contributed by atoms with van der Waals surface area (Å²) in [5, 5.41) is 0. The summed E-state index contributed by atoms with van der Waals surface area (Å²) in [6.45, 7) is 2.16. The number of morpholine rings is 1. The number of rotatable bonds is 4. The predicted octanol–water partition coefficient (Wildman–Crippen LogP) is 1.72. The molecule has 2 aromatic carbocycles. The molecule has 0 N–H and O–H groups in total. The molecule has 0 aromatic heterocycles. The predicted molar refractivity (Wildman–Crippen MR) is 96.9 cm³/mol. The standard InChI is InChI=1S/C20H18N2O5/c23-18(21-9-11-26-12-10-21)13-27-15-7-5-14(6-8-15)22-19(24)16-3-1-2-4-17(16)20(22)25/h1-8H,9-13H2. The third-order valence-electron chi connectivity index (χ3n) is 4.62. The van der Waals surface area contributed by atoms with Crippen molar-refractivity contribution in [3.8, 4) is 5.75 Å². The first-order valence-corrected chi connectivity index (χ1v) is 8.71. The highest BCUT2D eigenvalue weighted by Crippen LogP contribution is 2.29. The van der Waals surface area contributed by atoms with E-state index >= 15 is 0 Å². The molecule has 2 aliphatic rings. The topological polar surface area (TPSA) is 76.2 Å². The van der Waals surface area contributed by atoms with Gasteiger partial charge in [-0.05, 0) is 36.4 Å². The molecule has 2 aliphatic heterocycles. The van der Waals surface area contributed by atoms with E-state index in [0.717, 1.165) is 4.90 Å². The molecule has 2 heterocycles. The molecule has 7 heteroatoms. The summed E-state index contributed by atoms with van der Waals surface area (Å²) >= 11 is 0. The van der Waals surface area contributed by atoms with Crippen molar-refractivity contribution < 1.29 is 23.9 Å². The van der Waals surface area contributed by atoms with E-state index in [2.05, 4.69) is 0 Å². The Labute approximate surface area is 156 Å². The van der Waals surface area contributed by atoms with Crippen molar-refractivity contribution in [2.24, 2.45) is 0 Å². The summed E-state index contributed by atoms with van der Waals surface area (Å²) in [6.07, 6.45) is 0. The molecule has 138 valence electrons. The summed E-state index contributed by atoms with van der Waals surface area (Å²) in [7, 11) is 0. The van der Waals surface area contributed by atoms with Crippen molar-refractivity contribution in [2.75, 3.05) is 37.8 Å². The van der Waals surface area contributed by atoms with Crippen LogP contribution in [0.2, 0.25) is 0 Å². The number of carbonyl (C=O) groups excluding carboxylic acids is 3. The lowest BCUT2D eigenvalue weighted by Gasteiger charge is -2.26. The van der Waals surface area contributed by atoms with Crippen LogP contribution < -0.4 is 9.64 Å². The number of carbonyl (C=O) groups is 3. The van der Waals surface area contributed by atoms with E-state index in [4.69, 9.17) is 9.47 Å². The Balaban J connectivity index is 1.42. The minimum absolute atomic E-state index is 0.0631. The highest BCUT2D eigenvalue weighted by atomic mass is 16.5. The highest BCUT2D eigenvalue weighted by Gasteiger charge is 2.36. The Hall–Kier alpha value is -3.19. The van der Waals surface area contributed by atoms with Gasteiger partial charge in [0.05, 0.1) is 30.0 Å². The Morgan fingerprint density at radius 3 is 2.11 bits per heavy atom. The normalized spacial score (nSPS) is 16.4. The van der Waals surface area contributed by atoms with E-state index < -0.39 is 0 Å². The second kappa shape index (κ2) is 7.20. The van der Waals surface area contributed by atoms with Crippen molar-refractivity contribution >= 4 is 23.4 Å². The molecular formula is C20H18N2O5. The third kappa shape index (κ3) is 3.29. The molecule has 0 spiro atoms. The van der Waals surface area contributed by atoms with Crippen molar-refractivity contribution in [1.29, 1.82) is 0 Å². The number of hydrogen-bond donors (Lipinski definition) is 0. The lowest BCUT2D eigenvalue weighted by atomic mass is 10.1. The molecule has 0 bridgehead atoms. The SMILES string of the molecule is O=C(COc1ccc(N2C(=O)c3ccccc3C2=O)cc1)N1CCOCC1. The van der Waals surface area contributed by atoms with Gasteiger partial charge in [0.25, 0.3) is 17.7 Å². The van der Waals surface area contributed by atoms with Gasteiger partial charge in [-0.15, -0.1) is 0 Å². The van der Waals surface area contributed by atoms with Gasteiger partial charge in [0, 0.05) is 13.1 Å². The van der Waals surface area contributed by atoms with E-state index in [-0.39, 0.29) is 24.3 Å². The van der Waals surface area contributed by atoms with Crippen LogP contribution in [0.15, 0.2) is 48.5 Å². The monoisotopic (exact) mass is 366 g/mol. The van der Waals surface area contributed by atoms with Crippen LogP contribution in [0.5, 0.6) is 5.75 Å². The van der Waals surface area contributed by atoms with Crippen LogP contribution in [0.4, 0.5) is 5.69 Å². The molecule has 27 heavy (non-hydrogen) atoms. The number of imide groups is 1. The lowest BCUT2D eigenvalue weighted by molar-refractivity contribution is -0.137. The van der Waals surface area contributed by atoms with Gasteiger partial charge < -0.3 is 14.4 Å². The maximum Gasteiger partial charge on any atom is 0.266 e. The minimum atomic E-state index is -0.341. The quantitative estimate of drug-likeness (QED) is 0.770. The fourth-order valence-corrected chi connectivity index (χ4v) is 3.16. The molecule has 2 aromatic rings. The molecule has 0 atom stereocenters. The maximum atomic E-state index is 12.5. The number of amides is 3. The van der Waals surface area contributed by atoms with Crippen LogP contribution in [0.25, 0.3) is 0 Å². The second-order valence-electron chi connectivity index (χ2n) is 6.27. The summed E-state index contributed by atoms with van der Waals surface area (Å²) in [6, 6.07) is 13.3. The lowest BCUT2D eigenvalue weighted by Crippen LogP contribution is -2.42. The van der Waals surface area contributed by atoms with Crippen LogP contribution in [-0.4, -0.2) is 55.5 Å². The average Bonchev–Trinajstić information content (AvgIpc) is 2.98. The number of nitrogens with zero attached hydrogens (tertiary/aromatic N) is 2. The zero-order valence-electron chi connectivity index (χ0n) is 14.6. The highest BCUT2D eigenvalue weighted by molar-refractivity contribution is 6.34. The largest absolute Gasteiger partial charge is 0.484 e. The number of fused-ring (bicyclic) bond motifs is 1. The fourth-order valence-electron chi connectivity index (χ4n) is 3.16. The maximum absolute atomic E-state index is 12.5. The summed E-state index contributed by atoms with van der Waals surface area (Å²) < 4.78 is 10.8. The first-order chi connectivity index (χ1) is 13.1. The molecule has 1 saturated heterocycles. The van der Waals surface area contributed by atoms with Gasteiger partial charge in [-0.2, -0.15) is 0 Å². The first kappa shape index (κ1) is 17.2. The Bertz CT molecular complexity index is 853. The van der Waals surface area contributed by atoms with Gasteiger partial charge in [-0.3, -0.25) is 14.4 Å². The van der Waals surface area contributed by atoms with Gasteiger partial charge in [0.2, 0.25) is 0 Å².